The van der Waals surface area contributed by atoms with Gasteiger partial charge in [-0.15, -0.1) is 0 Å². The van der Waals surface area contributed by atoms with E-state index in [0.717, 1.165) is 11.5 Å². The Labute approximate surface area is 155 Å². The Morgan fingerprint density at radius 1 is 1.20 bits per heavy atom. The Bertz CT molecular complexity index is 869. The Morgan fingerprint density at radius 3 is 2.64 bits per heavy atom. The van der Waals surface area contributed by atoms with E-state index in [-0.39, 0.29) is 15.5 Å². The molecule has 0 atom stereocenters. The van der Waals surface area contributed by atoms with E-state index in [9.17, 15) is 13.2 Å². The molecule has 1 aliphatic rings. The van der Waals surface area contributed by atoms with E-state index in [1.807, 2.05) is 0 Å². The van der Waals surface area contributed by atoms with Crippen LogP contribution in [0, 0.1) is 0 Å². The van der Waals surface area contributed by atoms with Crippen molar-refractivity contribution < 1.29 is 13.2 Å². The van der Waals surface area contributed by atoms with Crippen molar-refractivity contribution >= 4 is 45.1 Å². The van der Waals surface area contributed by atoms with E-state index < -0.39 is 15.9 Å². The quantitative estimate of drug-likeness (QED) is 0.858. The van der Waals surface area contributed by atoms with Crippen LogP contribution in [-0.2, 0) is 10.0 Å². The van der Waals surface area contributed by atoms with Gasteiger partial charge >= 0.3 is 0 Å². The van der Waals surface area contributed by atoms with Crippen molar-refractivity contribution in [2.45, 2.75) is 4.90 Å². The largest absolute Gasteiger partial charge is 0.307 e. The van der Waals surface area contributed by atoms with Crippen LogP contribution in [-0.4, -0.2) is 48.2 Å². The van der Waals surface area contributed by atoms with Gasteiger partial charge < -0.3 is 5.32 Å². The summed E-state index contributed by atoms with van der Waals surface area (Å²) in [6.07, 6.45) is 1.55. The third-order valence-corrected chi connectivity index (χ3v) is 6.86. The van der Waals surface area contributed by atoms with Crippen molar-refractivity contribution in [2.24, 2.45) is 0 Å². The first-order valence-electron chi connectivity index (χ1n) is 7.58. The van der Waals surface area contributed by atoms with Gasteiger partial charge in [-0.2, -0.15) is 16.1 Å². The highest BCUT2D eigenvalue weighted by Crippen LogP contribution is 2.25. The van der Waals surface area contributed by atoms with Crippen LogP contribution in [0.1, 0.15) is 10.4 Å². The molecule has 1 aliphatic heterocycles. The third-order valence-electron chi connectivity index (χ3n) is 3.70. The van der Waals surface area contributed by atoms with E-state index >= 15 is 0 Å². The van der Waals surface area contributed by atoms with Crippen molar-refractivity contribution in [3.63, 3.8) is 0 Å². The first-order chi connectivity index (χ1) is 12.0. The molecular formula is C16H16ClN3O3S2. The van der Waals surface area contributed by atoms with Crippen LogP contribution in [0.3, 0.4) is 0 Å². The lowest BCUT2D eigenvalue weighted by atomic mass is 10.2. The number of pyridine rings is 1. The zero-order valence-electron chi connectivity index (χ0n) is 13.2. The van der Waals surface area contributed by atoms with Crippen molar-refractivity contribution in [3.8, 4) is 0 Å². The number of carbonyl (C=O) groups is 1. The number of nitrogens with one attached hydrogen (secondary N) is 1. The molecule has 0 aliphatic carbocycles. The van der Waals surface area contributed by atoms with E-state index in [1.54, 1.807) is 36.2 Å². The fraction of sp³-hybridized carbons (Fsp3) is 0.250. The van der Waals surface area contributed by atoms with Gasteiger partial charge in [0.05, 0.1) is 15.5 Å². The maximum Gasteiger partial charge on any atom is 0.258 e. The highest BCUT2D eigenvalue weighted by molar-refractivity contribution is 7.99. The van der Waals surface area contributed by atoms with Crippen LogP contribution < -0.4 is 5.32 Å². The average molecular weight is 398 g/mol. The van der Waals surface area contributed by atoms with Crippen LogP contribution in [0.25, 0.3) is 0 Å². The lowest BCUT2D eigenvalue weighted by molar-refractivity contribution is 0.102. The highest BCUT2D eigenvalue weighted by atomic mass is 35.5. The first kappa shape index (κ1) is 18.2. The fourth-order valence-electron chi connectivity index (χ4n) is 2.40. The predicted octanol–water partition coefficient (Wildman–Crippen LogP) is 2.72. The second kappa shape index (κ2) is 7.74. The second-order valence-corrected chi connectivity index (χ2v) is 8.90. The molecule has 9 heteroatoms. The van der Waals surface area contributed by atoms with E-state index in [1.165, 1.54) is 22.5 Å². The smallest absolute Gasteiger partial charge is 0.258 e. The van der Waals surface area contributed by atoms with E-state index in [2.05, 4.69) is 10.3 Å². The Balaban J connectivity index is 1.88. The monoisotopic (exact) mass is 397 g/mol. The number of aromatic nitrogens is 1. The molecule has 1 saturated heterocycles. The molecule has 1 N–H and O–H groups in total. The lowest BCUT2D eigenvalue weighted by Crippen LogP contribution is -2.37. The maximum atomic E-state index is 12.8. The van der Waals surface area contributed by atoms with Crippen molar-refractivity contribution in [2.75, 3.05) is 29.9 Å². The Kier molecular flexibility index (Phi) is 5.63. The summed E-state index contributed by atoms with van der Waals surface area (Å²) >= 11 is 7.82. The summed E-state index contributed by atoms with van der Waals surface area (Å²) in [6, 6.07) is 9.28. The molecule has 132 valence electrons. The van der Waals surface area contributed by atoms with Gasteiger partial charge in [0, 0.05) is 30.8 Å². The molecule has 1 aromatic heterocycles. The fourth-order valence-corrected chi connectivity index (χ4v) is 5.20. The number of benzene rings is 1. The minimum Gasteiger partial charge on any atom is -0.307 e. The molecule has 2 aromatic rings. The van der Waals surface area contributed by atoms with Crippen molar-refractivity contribution in [1.82, 2.24) is 9.29 Å². The summed E-state index contributed by atoms with van der Waals surface area (Å²) < 4.78 is 27.0. The van der Waals surface area contributed by atoms with Crippen LogP contribution in [0.5, 0.6) is 0 Å². The topological polar surface area (TPSA) is 79.4 Å². The molecule has 1 amide bonds. The number of sulfonamides is 1. The molecule has 1 aromatic carbocycles. The van der Waals surface area contributed by atoms with E-state index in [4.69, 9.17) is 11.6 Å². The van der Waals surface area contributed by atoms with Crippen LogP contribution >= 0.6 is 23.4 Å². The SMILES string of the molecule is O=C(Nc1ccccn1)c1cc(S(=O)(=O)N2CCSCC2)ccc1Cl. The number of thioether (sulfide) groups is 1. The molecule has 0 saturated carbocycles. The van der Waals surface area contributed by atoms with Gasteiger partial charge in [-0.25, -0.2) is 13.4 Å². The van der Waals surface area contributed by atoms with Crippen LogP contribution in [0.4, 0.5) is 5.82 Å². The number of amides is 1. The average Bonchev–Trinajstić information content (AvgIpc) is 2.63. The number of rotatable bonds is 4. The van der Waals surface area contributed by atoms with Gasteiger partial charge in [-0.05, 0) is 30.3 Å². The number of halogens is 1. The maximum absolute atomic E-state index is 12.8. The summed E-state index contributed by atoms with van der Waals surface area (Å²) in [7, 11) is -3.64. The zero-order chi connectivity index (χ0) is 17.9. The molecule has 1 fully saturated rings. The molecule has 0 bridgehead atoms. The standard InChI is InChI=1S/C16H16ClN3O3S2/c17-14-5-4-12(25(22,23)20-7-9-24-10-8-20)11-13(14)16(21)19-15-3-1-2-6-18-15/h1-6,11H,7-10H2,(H,18,19,21). The normalized spacial score (nSPS) is 15.7. The van der Waals surface area contributed by atoms with Crippen LogP contribution in [0.15, 0.2) is 47.5 Å². The van der Waals surface area contributed by atoms with Gasteiger partial charge in [0.2, 0.25) is 10.0 Å². The highest BCUT2D eigenvalue weighted by Gasteiger charge is 2.27. The number of carbonyl (C=O) groups excluding carboxylic acids is 1. The van der Waals surface area contributed by atoms with Gasteiger partial charge in [-0.3, -0.25) is 4.79 Å². The minimum atomic E-state index is -3.64. The lowest BCUT2D eigenvalue weighted by Gasteiger charge is -2.25. The Morgan fingerprint density at radius 2 is 1.96 bits per heavy atom. The minimum absolute atomic E-state index is 0.0648. The van der Waals surface area contributed by atoms with Crippen molar-refractivity contribution in [1.29, 1.82) is 0 Å². The summed E-state index contributed by atoms with van der Waals surface area (Å²) in [6.45, 7) is 0.927. The number of hydrogen-bond donors (Lipinski definition) is 1. The molecule has 0 spiro atoms. The van der Waals surface area contributed by atoms with E-state index in [0.29, 0.717) is 18.9 Å². The number of anilines is 1. The molecule has 25 heavy (non-hydrogen) atoms. The molecule has 0 radical (unpaired) electrons. The summed E-state index contributed by atoms with van der Waals surface area (Å²) in [4.78, 5) is 16.5. The second-order valence-electron chi connectivity index (χ2n) is 5.33. The molecule has 0 unspecified atom stereocenters. The molecule has 6 nitrogen and oxygen atoms in total. The third kappa shape index (κ3) is 4.14. The number of hydrogen-bond acceptors (Lipinski definition) is 5. The number of nitrogens with zero attached hydrogens (tertiary/aromatic N) is 2. The van der Waals surface area contributed by atoms with Crippen LogP contribution in [0.2, 0.25) is 5.02 Å². The van der Waals surface area contributed by atoms with Crippen molar-refractivity contribution in [3.05, 3.63) is 53.2 Å². The molecule has 3 rings (SSSR count). The first-order valence-corrected chi connectivity index (χ1v) is 10.6. The summed E-state index contributed by atoms with van der Waals surface area (Å²) in [5.41, 5.74) is 0.0970. The zero-order valence-corrected chi connectivity index (χ0v) is 15.6. The van der Waals surface area contributed by atoms with Gasteiger partial charge in [0.1, 0.15) is 5.82 Å². The molecular weight excluding hydrogens is 382 g/mol. The van der Waals surface area contributed by atoms with Gasteiger partial charge in [-0.1, -0.05) is 17.7 Å². The predicted molar refractivity (Wildman–Crippen MR) is 99.7 cm³/mol. The van der Waals surface area contributed by atoms with Gasteiger partial charge in [0.25, 0.3) is 5.91 Å². The van der Waals surface area contributed by atoms with Gasteiger partial charge in [0.15, 0.2) is 0 Å². The Hall–Kier alpha value is -1.61. The summed E-state index contributed by atoms with van der Waals surface area (Å²) in [5, 5.41) is 2.79. The molecule has 2 heterocycles. The summed E-state index contributed by atoms with van der Waals surface area (Å²) in [5.74, 6) is 1.39.